The minimum absolute atomic E-state index is 0.00657. The molecule has 0 saturated heterocycles. The van der Waals surface area contributed by atoms with Crippen molar-refractivity contribution in [2.45, 2.75) is 32.2 Å². The molecule has 0 saturated carbocycles. The average molecular weight is 300 g/mol. The van der Waals surface area contributed by atoms with Gasteiger partial charge < -0.3 is 10.6 Å². The van der Waals surface area contributed by atoms with Crippen molar-refractivity contribution in [2.24, 2.45) is 0 Å². The Labute approximate surface area is 129 Å². The molecule has 110 valence electrons. The number of thiophene rings is 1. The van der Waals surface area contributed by atoms with Crippen molar-refractivity contribution < 1.29 is 4.79 Å². The summed E-state index contributed by atoms with van der Waals surface area (Å²) in [6, 6.07) is 8.22. The lowest BCUT2D eigenvalue weighted by molar-refractivity contribution is 0.0933. The van der Waals surface area contributed by atoms with Gasteiger partial charge in [-0.25, -0.2) is 0 Å². The Hall–Kier alpha value is -1.81. The molecule has 21 heavy (non-hydrogen) atoms. The predicted molar refractivity (Wildman–Crippen MR) is 88.2 cm³/mol. The van der Waals surface area contributed by atoms with Crippen LogP contribution in [-0.2, 0) is 6.42 Å². The Balaban J connectivity index is 1.84. The number of carbonyl (C=O) groups is 1. The molecular formula is C17H20N2OS. The van der Waals surface area contributed by atoms with Gasteiger partial charge in [0.05, 0.1) is 11.6 Å². The number of benzene rings is 1. The molecule has 1 aromatic heterocycles. The lowest BCUT2D eigenvalue weighted by atomic mass is 9.93. The molecule has 2 aromatic rings. The second-order valence-corrected chi connectivity index (χ2v) is 6.52. The van der Waals surface area contributed by atoms with Gasteiger partial charge in [-0.2, -0.15) is 0 Å². The third-order valence-corrected chi connectivity index (χ3v) is 5.04. The van der Waals surface area contributed by atoms with E-state index in [9.17, 15) is 4.79 Å². The topological polar surface area (TPSA) is 41.1 Å². The molecule has 0 bridgehead atoms. The molecule has 3 nitrogen and oxygen atoms in total. The highest BCUT2D eigenvalue weighted by Gasteiger charge is 2.23. The molecule has 4 heteroatoms. The largest absolute Gasteiger partial charge is 0.387 e. The van der Waals surface area contributed by atoms with Crippen LogP contribution in [0.4, 0.5) is 5.69 Å². The average Bonchev–Trinajstić information content (AvgIpc) is 2.96. The van der Waals surface area contributed by atoms with Crippen molar-refractivity contribution in [3.8, 4) is 0 Å². The van der Waals surface area contributed by atoms with Gasteiger partial charge in [0.25, 0.3) is 5.91 Å². The summed E-state index contributed by atoms with van der Waals surface area (Å²) in [6.45, 7) is 2.01. The van der Waals surface area contributed by atoms with E-state index in [4.69, 9.17) is 0 Å². The van der Waals surface area contributed by atoms with Gasteiger partial charge in [-0.1, -0.05) is 11.6 Å². The zero-order chi connectivity index (χ0) is 14.8. The number of hydrogen-bond donors (Lipinski definition) is 2. The third-order valence-electron chi connectivity index (χ3n) is 4.05. The van der Waals surface area contributed by atoms with E-state index in [0.29, 0.717) is 0 Å². The van der Waals surface area contributed by atoms with Crippen molar-refractivity contribution in [3.05, 3.63) is 51.2 Å². The van der Waals surface area contributed by atoms with E-state index in [-0.39, 0.29) is 11.9 Å². The van der Waals surface area contributed by atoms with Gasteiger partial charge >= 0.3 is 0 Å². The van der Waals surface area contributed by atoms with Crippen molar-refractivity contribution in [1.82, 2.24) is 5.32 Å². The van der Waals surface area contributed by atoms with Crippen LogP contribution in [0, 0.1) is 6.92 Å². The summed E-state index contributed by atoms with van der Waals surface area (Å²) in [5, 5.41) is 8.43. The summed E-state index contributed by atoms with van der Waals surface area (Å²) in [7, 11) is 1.85. The van der Waals surface area contributed by atoms with E-state index in [0.717, 1.165) is 36.1 Å². The molecule has 0 radical (unpaired) electrons. The van der Waals surface area contributed by atoms with Crippen LogP contribution < -0.4 is 10.6 Å². The molecule has 3 rings (SSSR count). The fraction of sp³-hybridized carbons (Fsp3) is 0.353. The smallest absolute Gasteiger partial charge is 0.253 e. The first kappa shape index (κ1) is 14.1. The van der Waals surface area contributed by atoms with Crippen LogP contribution in [0.25, 0.3) is 0 Å². The third kappa shape index (κ3) is 2.81. The minimum atomic E-state index is 0.00657. The van der Waals surface area contributed by atoms with Gasteiger partial charge in [-0.15, -0.1) is 11.3 Å². The van der Waals surface area contributed by atoms with E-state index < -0.39 is 0 Å². The Morgan fingerprint density at radius 1 is 1.33 bits per heavy atom. The Kier molecular flexibility index (Phi) is 3.97. The summed E-state index contributed by atoms with van der Waals surface area (Å²) < 4.78 is 0. The summed E-state index contributed by atoms with van der Waals surface area (Å²) in [5.74, 6) is 0.00657. The minimum Gasteiger partial charge on any atom is -0.387 e. The molecule has 1 aliphatic carbocycles. The van der Waals surface area contributed by atoms with Crippen LogP contribution in [0.5, 0.6) is 0 Å². The molecule has 0 spiro atoms. The van der Waals surface area contributed by atoms with E-state index in [2.05, 4.69) is 22.1 Å². The van der Waals surface area contributed by atoms with Crippen molar-refractivity contribution in [3.63, 3.8) is 0 Å². The maximum atomic E-state index is 12.6. The fourth-order valence-corrected chi connectivity index (χ4v) is 3.92. The number of carbonyl (C=O) groups excluding carboxylic acids is 1. The first-order valence-electron chi connectivity index (χ1n) is 7.34. The van der Waals surface area contributed by atoms with Gasteiger partial charge in [0, 0.05) is 17.6 Å². The molecule has 2 N–H and O–H groups in total. The fourth-order valence-electron chi connectivity index (χ4n) is 2.94. The molecule has 0 aliphatic heterocycles. The van der Waals surface area contributed by atoms with Crippen LogP contribution in [0.1, 0.15) is 45.2 Å². The van der Waals surface area contributed by atoms with Gasteiger partial charge in [0.1, 0.15) is 0 Å². The molecule has 1 heterocycles. The Morgan fingerprint density at radius 2 is 2.19 bits per heavy atom. The van der Waals surface area contributed by atoms with Gasteiger partial charge in [-0.3, -0.25) is 4.79 Å². The highest BCUT2D eigenvalue weighted by molar-refractivity contribution is 7.10. The first-order valence-corrected chi connectivity index (χ1v) is 8.22. The van der Waals surface area contributed by atoms with E-state index >= 15 is 0 Å². The van der Waals surface area contributed by atoms with Crippen molar-refractivity contribution in [1.29, 1.82) is 0 Å². The number of fused-ring (bicyclic) bond motifs is 1. The zero-order valence-corrected chi connectivity index (χ0v) is 13.2. The lowest BCUT2D eigenvalue weighted by Crippen LogP contribution is -2.30. The Bertz CT molecular complexity index is 663. The molecule has 1 aromatic carbocycles. The number of rotatable bonds is 3. The van der Waals surface area contributed by atoms with E-state index in [1.807, 2.05) is 32.2 Å². The number of aryl methyl sites for hydroxylation is 2. The van der Waals surface area contributed by atoms with Crippen LogP contribution in [0.3, 0.4) is 0 Å². The second kappa shape index (κ2) is 5.90. The summed E-state index contributed by atoms with van der Waals surface area (Å²) in [6.07, 6.45) is 3.31. The summed E-state index contributed by atoms with van der Waals surface area (Å²) in [5.41, 5.74) is 4.00. The molecule has 0 fully saturated rings. The first-order chi connectivity index (χ1) is 10.2. The maximum Gasteiger partial charge on any atom is 0.253 e. The van der Waals surface area contributed by atoms with Crippen LogP contribution in [-0.4, -0.2) is 13.0 Å². The van der Waals surface area contributed by atoms with E-state index in [1.54, 1.807) is 11.3 Å². The second-order valence-electron chi connectivity index (χ2n) is 5.52. The number of hydrogen-bond acceptors (Lipinski definition) is 3. The highest BCUT2D eigenvalue weighted by Crippen LogP contribution is 2.33. The molecule has 1 amide bonds. The molecule has 1 atom stereocenters. The summed E-state index contributed by atoms with van der Waals surface area (Å²) >= 11 is 1.80. The van der Waals surface area contributed by atoms with Gasteiger partial charge in [0.2, 0.25) is 0 Å². The maximum absolute atomic E-state index is 12.6. The summed E-state index contributed by atoms with van der Waals surface area (Å²) in [4.78, 5) is 14.0. The van der Waals surface area contributed by atoms with E-state index in [1.165, 1.54) is 10.4 Å². The van der Waals surface area contributed by atoms with Crippen molar-refractivity contribution >= 4 is 22.9 Å². The number of anilines is 1. The monoisotopic (exact) mass is 300 g/mol. The standard InChI is InChI=1S/C17H20N2OS/c1-11-6-7-14(18-2)13(10-11)17(20)19-15-4-3-5-16-12(15)8-9-21-16/h6-10,15,18H,3-5H2,1-2H3,(H,19,20). The zero-order valence-electron chi connectivity index (χ0n) is 12.4. The SMILES string of the molecule is CNc1ccc(C)cc1C(=O)NC1CCCc2sccc21. The van der Waals surface area contributed by atoms with Gasteiger partial charge in [0.15, 0.2) is 0 Å². The molecule has 1 aliphatic rings. The van der Waals surface area contributed by atoms with Crippen LogP contribution >= 0.6 is 11.3 Å². The normalized spacial score (nSPS) is 17.1. The Morgan fingerprint density at radius 3 is 3.00 bits per heavy atom. The van der Waals surface area contributed by atoms with Crippen molar-refractivity contribution in [2.75, 3.05) is 12.4 Å². The van der Waals surface area contributed by atoms with Crippen LogP contribution in [0.15, 0.2) is 29.6 Å². The van der Waals surface area contributed by atoms with Crippen LogP contribution in [0.2, 0.25) is 0 Å². The number of amides is 1. The quantitative estimate of drug-likeness (QED) is 0.902. The van der Waals surface area contributed by atoms with Gasteiger partial charge in [-0.05, 0) is 55.3 Å². The predicted octanol–water partition coefficient (Wildman–Crippen LogP) is 3.91. The molecule has 1 unspecified atom stereocenters. The molecular weight excluding hydrogens is 280 g/mol. The number of nitrogens with one attached hydrogen (secondary N) is 2. The highest BCUT2D eigenvalue weighted by atomic mass is 32.1. The lowest BCUT2D eigenvalue weighted by Gasteiger charge is -2.24.